The van der Waals surface area contributed by atoms with E-state index in [9.17, 15) is 0 Å². The molecule has 2 rings (SSSR count). The van der Waals surface area contributed by atoms with E-state index in [4.69, 9.17) is 0 Å². The van der Waals surface area contributed by atoms with Gasteiger partial charge in [-0.05, 0) is 45.5 Å². The summed E-state index contributed by atoms with van der Waals surface area (Å²) < 4.78 is 0. The molecule has 1 saturated heterocycles. The first-order chi connectivity index (χ1) is 9.69. The molecule has 1 aliphatic rings. The molecule has 0 spiro atoms. The zero-order valence-corrected chi connectivity index (χ0v) is 13.1. The molecule has 1 N–H and O–H groups in total. The number of hydrogen-bond acceptors (Lipinski definition) is 4. The van der Waals surface area contributed by atoms with Crippen LogP contribution in [0.3, 0.4) is 0 Å². The topological polar surface area (TPSA) is 31.4 Å². The standard InChI is InChI=1S/C16H28N4/c1-4-8-17-14-5-9-18-15(12-14)13-20-10-6-16(7-11-20)19(2)3/h5,9,12,16H,4,6-8,10-11,13H2,1-3H3,(H,17,18). The van der Waals surface area contributed by atoms with Crippen molar-refractivity contribution in [3.63, 3.8) is 0 Å². The molecule has 0 bridgehead atoms. The van der Waals surface area contributed by atoms with Gasteiger partial charge in [-0.1, -0.05) is 6.92 Å². The van der Waals surface area contributed by atoms with Gasteiger partial charge in [0.1, 0.15) is 0 Å². The van der Waals surface area contributed by atoms with Crippen molar-refractivity contribution in [2.24, 2.45) is 0 Å². The van der Waals surface area contributed by atoms with Crippen molar-refractivity contribution in [2.45, 2.75) is 38.8 Å². The molecule has 2 heterocycles. The Morgan fingerprint density at radius 1 is 1.35 bits per heavy atom. The van der Waals surface area contributed by atoms with Crippen molar-refractivity contribution in [3.05, 3.63) is 24.0 Å². The van der Waals surface area contributed by atoms with Crippen molar-refractivity contribution < 1.29 is 0 Å². The molecule has 1 aromatic heterocycles. The minimum absolute atomic E-state index is 0.747. The summed E-state index contributed by atoms with van der Waals surface area (Å²) in [6.45, 7) is 6.54. The van der Waals surface area contributed by atoms with E-state index in [0.29, 0.717) is 0 Å². The van der Waals surface area contributed by atoms with Crippen LogP contribution in [0.4, 0.5) is 5.69 Å². The highest BCUT2D eigenvalue weighted by Crippen LogP contribution is 2.17. The fraction of sp³-hybridized carbons (Fsp3) is 0.688. The Morgan fingerprint density at radius 2 is 2.10 bits per heavy atom. The maximum absolute atomic E-state index is 4.50. The van der Waals surface area contributed by atoms with Crippen molar-refractivity contribution in [1.29, 1.82) is 0 Å². The van der Waals surface area contributed by atoms with Gasteiger partial charge in [-0.2, -0.15) is 0 Å². The number of anilines is 1. The van der Waals surface area contributed by atoms with Crippen LogP contribution in [0.2, 0.25) is 0 Å². The average molecular weight is 276 g/mol. The highest BCUT2D eigenvalue weighted by atomic mass is 15.2. The maximum atomic E-state index is 4.50. The fourth-order valence-corrected chi connectivity index (χ4v) is 2.77. The first-order valence-electron chi connectivity index (χ1n) is 7.76. The molecular weight excluding hydrogens is 248 g/mol. The smallest absolute Gasteiger partial charge is 0.0564 e. The zero-order chi connectivity index (χ0) is 14.4. The fourth-order valence-electron chi connectivity index (χ4n) is 2.77. The van der Waals surface area contributed by atoms with Gasteiger partial charge in [0.05, 0.1) is 5.69 Å². The third-order valence-corrected chi connectivity index (χ3v) is 4.07. The van der Waals surface area contributed by atoms with Gasteiger partial charge < -0.3 is 10.2 Å². The molecule has 1 aromatic rings. The molecule has 0 radical (unpaired) electrons. The zero-order valence-electron chi connectivity index (χ0n) is 13.1. The quantitative estimate of drug-likeness (QED) is 0.864. The lowest BCUT2D eigenvalue weighted by Gasteiger charge is -2.35. The minimum atomic E-state index is 0.747. The Bertz CT molecular complexity index is 397. The summed E-state index contributed by atoms with van der Waals surface area (Å²) in [5.74, 6) is 0. The van der Waals surface area contributed by atoms with Gasteiger partial charge >= 0.3 is 0 Å². The first-order valence-corrected chi connectivity index (χ1v) is 7.76. The number of likely N-dealkylation sites (tertiary alicyclic amines) is 1. The van der Waals surface area contributed by atoms with Crippen molar-refractivity contribution in [1.82, 2.24) is 14.8 Å². The Labute approximate surface area is 123 Å². The van der Waals surface area contributed by atoms with E-state index in [1.165, 1.54) is 37.3 Å². The van der Waals surface area contributed by atoms with Crippen LogP contribution < -0.4 is 5.32 Å². The number of nitrogens with zero attached hydrogens (tertiary/aromatic N) is 3. The summed E-state index contributed by atoms with van der Waals surface area (Å²) >= 11 is 0. The number of rotatable bonds is 6. The molecule has 4 nitrogen and oxygen atoms in total. The van der Waals surface area contributed by atoms with Gasteiger partial charge in [-0.15, -0.1) is 0 Å². The van der Waals surface area contributed by atoms with Crippen LogP contribution in [0.15, 0.2) is 18.3 Å². The Kier molecular flexibility index (Phi) is 5.80. The van der Waals surface area contributed by atoms with Gasteiger partial charge in [0.25, 0.3) is 0 Å². The van der Waals surface area contributed by atoms with Crippen molar-refractivity contribution >= 4 is 5.69 Å². The molecule has 0 aliphatic carbocycles. The molecule has 4 heteroatoms. The second-order valence-corrected chi connectivity index (χ2v) is 5.93. The molecular formula is C16H28N4. The number of hydrogen-bond donors (Lipinski definition) is 1. The van der Waals surface area contributed by atoms with Gasteiger partial charge in [-0.25, -0.2) is 0 Å². The second kappa shape index (κ2) is 7.60. The van der Waals surface area contributed by atoms with Gasteiger partial charge in [0.2, 0.25) is 0 Å². The Hall–Kier alpha value is -1.13. The van der Waals surface area contributed by atoms with E-state index in [1.54, 1.807) is 0 Å². The molecule has 112 valence electrons. The molecule has 0 saturated carbocycles. The summed E-state index contributed by atoms with van der Waals surface area (Å²) in [7, 11) is 4.37. The third-order valence-electron chi connectivity index (χ3n) is 4.07. The molecule has 0 amide bonds. The van der Waals surface area contributed by atoms with Crippen LogP contribution in [0.25, 0.3) is 0 Å². The maximum Gasteiger partial charge on any atom is 0.0564 e. The lowest BCUT2D eigenvalue weighted by atomic mass is 10.0. The van der Waals surface area contributed by atoms with Crippen LogP contribution in [0, 0.1) is 0 Å². The second-order valence-electron chi connectivity index (χ2n) is 5.93. The Morgan fingerprint density at radius 3 is 2.75 bits per heavy atom. The van der Waals surface area contributed by atoms with Gasteiger partial charge in [0.15, 0.2) is 0 Å². The third kappa shape index (κ3) is 4.46. The summed E-state index contributed by atoms with van der Waals surface area (Å²) in [5, 5.41) is 3.43. The molecule has 0 aromatic carbocycles. The minimum Gasteiger partial charge on any atom is -0.385 e. The number of aromatic nitrogens is 1. The summed E-state index contributed by atoms with van der Waals surface area (Å²) in [5.41, 5.74) is 2.37. The normalized spacial score (nSPS) is 17.6. The van der Waals surface area contributed by atoms with Crippen LogP contribution in [0.5, 0.6) is 0 Å². The Balaban J connectivity index is 1.84. The average Bonchev–Trinajstić information content (AvgIpc) is 2.46. The van der Waals surface area contributed by atoms with Crippen molar-refractivity contribution in [3.8, 4) is 0 Å². The SMILES string of the molecule is CCCNc1ccnc(CN2CCC(N(C)C)CC2)c1. The van der Waals surface area contributed by atoms with Gasteiger partial charge in [0, 0.05) is 44.1 Å². The molecule has 1 aliphatic heterocycles. The molecule has 0 unspecified atom stereocenters. The molecule has 20 heavy (non-hydrogen) atoms. The van der Waals surface area contributed by atoms with Crippen LogP contribution in [-0.4, -0.2) is 54.6 Å². The highest BCUT2D eigenvalue weighted by Gasteiger charge is 2.20. The van der Waals surface area contributed by atoms with Crippen LogP contribution in [0.1, 0.15) is 31.9 Å². The van der Waals surface area contributed by atoms with Crippen LogP contribution in [-0.2, 0) is 6.54 Å². The van der Waals surface area contributed by atoms with E-state index < -0.39 is 0 Å². The van der Waals surface area contributed by atoms with Crippen LogP contribution >= 0.6 is 0 Å². The van der Waals surface area contributed by atoms with Gasteiger partial charge in [-0.3, -0.25) is 9.88 Å². The lowest BCUT2D eigenvalue weighted by Crippen LogP contribution is -2.41. The summed E-state index contributed by atoms with van der Waals surface area (Å²) in [4.78, 5) is 9.38. The predicted octanol–water partition coefficient (Wildman–Crippen LogP) is 2.43. The van der Waals surface area contributed by atoms with E-state index in [1.807, 2.05) is 6.20 Å². The predicted molar refractivity (Wildman–Crippen MR) is 85.0 cm³/mol. The molecule has 1 fully saturated rings. The van der Waals surface area contributed by atoms with E-state index in [2.05, 4.69) is 53.3 Å². The van der Waals surface area contributed by atoms with Crippen molar-refractivity contribution in [2.75, 3.05) is 39.0 Å². The molecule has 0 atom stereocenters. The number of pyridine rings is 1. The van der Waals surface area contributed by atoms with E-state index >= 15 is 0 Å². The highest BCUT2D eigenvalue weighted by molar-refractivity contribution is 5.43. The monoisotopic (exact) mass is 276 g/mol. The number of nitrogens with one attached hydrogen (secondary N) is 1. The van der Waals surface area contributed by atoms with E-state index in [-0.39, 0.29) is 0 Å². The lowest BCUT2D eigenvalue weighted by molar-refractivity contribution is 0.139. The largest absolute Gasteiger partial charge is 0.385 e. The first kappa shape index (κ1) is 15.3. The summed E-state index contributed by atoms with van der Waals surface area (Å²) in [6, 6.07) is 4.99. The van der Waals surface area contributed by atoms with E-state index in [0.717, 1.165) is 25.6 Å². The summed E-state index contributed by atoms with van der Waals surface area (Å²) in [6.07, 6.45) is 5.59. The number of piperidine rings is 1.